The molecule has 1 aromatic carbocycles. The molecular weight excluding hydrogens is 370 g/mol. The highest BCUT2D eigenvalue weighted by molar-refractivity contribution is 9.10. The molecule has 0 spiro atoms. The number of aryl methyl sites for hydroxylation is 3. The number of thiazole rings is 1. The van der Waals surface area contributed by atoms with Gasteiger partial charge in [-0.05, 0) is 32.0 Å². The number of fused-ring (bicyclic) bond motifs is 1. The topological polar surface area (TPSA) is 30.7 Å². The second-order valence-electron chi connectivity index (χ2n) is 4.98. The van der Waals surface area contributed by atoms with E-state index in [9.17, 15) is 0 Å². The van der Waals surface area contributed by atoms with Crippen molar-refractivity contribution in [1.29, 1.82) is 0 Å². The minimum absolute atomic E-state index is 0.117. The highest BCUT2D eigenvalue weighted by Crippen LogP contribution is 2.27. The van der Waals surface area contributed by atoms with E-state index in [0.29, 0.717) is 0 Å². The zero-order valence-corrected chi connectivity index (χ0v) is 15.0. The first-order valence-electron chi connectivity index (χ1n) is 6.75. The SMILES string of the molecule is Cc1nc(CCn2c(C(C)Cl)nc3ccc(Br)cc32)cs1. The lowest BCUT2D eigenvalue weighted by molar-refractivity contribution is 0.661. The van der Waals surface area contributed by atoms with Gasteiger partial charge in [-0.15, -0.1) is 22.9 Å². The lowest BCUT2D eigenvalue weighted by Crippen LogP contribution is -2.07. The monoisotopic (exact) mass is 383 g/mol. The quantitative estimate of drug-likeness (QED) is 0.585. The first kappa shape index (κ1) is 15.0. The van der Waals surface area contributed by atoms with E-state index < -0.39 is 0 Å². The van der Waals surface area contributed by atoms with Crippen molar-refractivity contribution in [3.05, 3.63) is 44.6 Å². The molecule has 1 atom stereocenters. The smallest absolute Gasteiger partial charge is 0.127 e. The van der Waals surface area contributed by atoms with Crippen LogP contribution in [0.25, 0.3) is 11.0 Å². The summed E-state index contributed by atoms with van der Waals surface area (Å²) in [6.07, 6.45) is 0.888. The fourth-order valence-corrected chi connectivity index (χ4v) is 3.57. The molecule has 0 aliphatic heterocycles. The Bertz CT molecular complexity index is 778. The summed E-state index contributed by atoms with van der Waals surface area (Å²) in [7, 11) is 0. The van der Waals surface area contributed by atoms with E-state index in [1.54, 1.807) is 11.3 Å². The van der Waals surface area contributed by atoms with Crippen LogP contribution in [0, 0.1) is 6.92 Å². The van der Waals surface area contributed by atoms with Crippen molar-refractivity contribution >= 4 is 49.9 Å². The fraction of sp³-hybridized carbons (Fsp3) is 0.333. The van der Waals surface area contributed by atoms with Crippen LogP contribution in [0.1, 0.15) is 28.8 Å². The summed E-state index contributed by atoms with van der Waals surface area (Å²) < 4.78 is 3.25. The molecule has 6 heteroatoms. The van der Waals surface area contributed by atoms with Crippen LogP contribution in [-0.4, -0.2) is 14.5 Å². The molecular formula is C15H15BrClN3S. The molecule has 2 aromatic heterocycles. The molecule has 0 N–H and O–H groups in total. The Morgan fingerprint density at radius 1 is 1.38 bits per heavy atom. The molecule has 2 heterocycles. The van der Waals surface area contributed by atoms with Crippen molar-refractivity contribution in [2.24, 2.45) is 0 Å². The zero-order valence-electron chi connectivity index (χ0n) is 11.8. The van der Waals surface area contributed by atoms with Gasteiger partial charge in [-0.3, -0.25) is 0 Å². The fourth-order valence-electron chi connectivity index (χ4n) is 2.40. The standard InChI is InChI=1S/C15H15BrClN3S/c1-9(17)15-19-13-4-3-11(16)7-14(13)20(15)6-5-12-8-21-10(2)18-12/h3-4,7-9H,5-6H2,1-2H3. The van der Waals surface area contributed by atoms with Gasteiger partial charge >= 0.3 is 0 Å². The normalized spacial score (nSPS) is 13.0. The van der Waals surface area contributed by atoms with Gasteiger partial charge in [0.25, 0.3) is 0 Å². The first-order chi connectivity index (χ1) is 10.0. The molecule has 0 amide bonds. The van der Waals surface area contributed by atoms with E-state index in [4.69, 9.17) is 11.6 Å². The summed E-state index contributed by atoms with van der Waals surface area (Å²) in [4.78, 5) is 9.19. The Labute approximate surface area is 141 Å². The van der Waals surface area contributed by atoms with Crippen LogP contribution in [0.15, 0.2) is 28.1 Å². The van der Waals surface area contributed by atoms with Crippen LogP contribution in [0.2, 0.25) is 0 Å². The molecule has 0 aliphatic rings. The summed E-state index contributed by atoms with van der Waals surface area (Å²) in [5.41, 5.74) is 3.22. The van der Waals surface area contributed by atoms with E-state index in [0.717, 1.165) is 45.0 Å². The predicted octanol–water partition coefficient (Wildman–Crippen LogP) is 5.11. The van der Waals surface area contributed by atoms with Gasteiger partial charge in [0, 0.05) is 22.8 Å². The van der Waals surface area contributed by atoms with Gasteiger partial charge in [-0.25, -0.2) is 9.97 Å². The van der Waals surface area contributed by atoms with E-state index in [2.05, 4.69) is 41.9 Å². The Morgan fingerprint density at radius 2 is 2.19 bits per heavy atom. The highest BCUT2D eigenvalue weighted by atomic mass is 79.9. The molecule has 0 aliphatic carbocycles. The predicted molar refractivity (Wildman–Crippen MR) is 92.3 cm³/mol. The number of aromatic nitrogens is 3. The third kappa shape index (κ3) is 3.15. The molecule has 0 saturated carbocycles. The Kier molecular flexibility index (Phi) is 4.33. The summed E-state index contributed by atoms with van der Waals surface area (Å²) in [6, 6.07) is 6.12. The molecule has 3 aromatic rings. The number of imidazole rings is 1. The Balaban J connectivity index is 1.98. The average molecular weight is 385 g/mol. The van der Waals surface area contributed by atoms with E-state index in [-0.39, 0.29) is 5.38 Å². The maximum atomic E-state index is 6.30. The van der Waals surface area contributed by atoms with Crippen molar-refractivity contribution < 1.29 is 0 Å². The molecule has 21 heavy (non-hydrogen) atoms. The number of hydrogen-bond acceptors (Lipinski definition) is 3. The second-order valence-corrected chi connectivity index (χ2v) is 7.61. The van der Waals surface area contributed by atoms with Crippen molar-refractivity contribution in [1.82, 2.24) is 14.5 Å². The summed E-state index contributed by atoms with van der Waals surface area (Å²) >= 11 is 11.5. The molecule has 0 fully saturated rings. The minimum Gasteiger partial charge on any atom is -0.326 e. The van der Waals surface area contributed by atoms with Crippen LogP contribution in [0.3, 0.4) is 0 Å². The molecule has 3 rings (SSSR count). The van der Waals surface area contributed by atoms with Gasteiger partial charge in [-0.1, -0.05) is 15.9 Å². The Morgan fingerprint density at radius 3 is 2.86 bits per heavy atom. The Hall–Kier alpha value is -0.910. The van der Waals surface area contributed by atoms with Crippen molar-refractivity contribution in [3.63, 3.8) is 0 Å². The highest BCUT2D eigenvalue weighted by Gasteiger charge is 2.15. The number of hydrogen-bond donors (Lipinski definition) is 0. The number of alkyl halides is 1. The van der Waals surface area contributed by atoms with Gasteiger partial charge in [-0.2, -0.15) is 0 Å². The van der Waals surface area contributed by atoms with Gasteiger partial charge in [0.1, 0.15) is 5.82 Å². The van der Waals surface area contributed by atoms with Crippen LogP contribution >= 0.6 is 38.9 Å². The van der Waals surface area contributed by atoms with Crippen molar-refractivity contribution in [2.75, 3.05) is 0 Å². The van der Waals surface area contributed by atoms with Crippen molar-refractivity contribution in [2.45, 2.75) is 32.2 Å². The van der Waals surface area contributed by atoms with E-state index in [1.807, 2.05) is 26.0 Å². The van der Waals surface area contributed by atoms with Gasteiger partial charge in [0.05, 0.1) is 27.1 Å². The maximum Gasteiger partial charge on any atom is 0.127 e. The van der Waals surface area contributed by atoms with Crippen LogP contribution in [0.5, 0.6) is 0 Å². The second kappa shape index (κ2) is 6.07. The van der Waals surface area contributed by atoms with Crippen LogP contribution < -0.4 is 0 Å². The average Bonchev–Trinajstić information content (AvgIpc) is 3.00. The van der Waals surface area contributed by atoms with Crippen LogP contribution in [-0.2, 0) is 13.0 Å². The lowest BCUT2D eigenvalue weighted by Gasteiger charge is -2.09. The summed E-state index contributed by atoms with van der Waals surface area (Å²) in [5.74, 6) is 0.914. The van der Waals surface area contributed by atoms with E-state index in [1.165, 1.54) is 0 Å². The summed E-state index contributed by atoms with van der Waals surface area (Å²) in [5, 5.41) is 3.11. The van der Waals surface area contributed by atoms with Gasteiger partial charge in [0.2, 0.25) is 0 Å². The number of halogens is 2. The molecule has 0 radical (unpaired) electrons. The third-order valence-electron chi connectivity index (χ3n) is 3.35. The summed E-state index contributed by atoms with van der Waals surface area (Å²) in [6.45, 7) is 4.83. The molecule has 3 nitrogen and oxygen atoms in total. The lowest BCUT2D eigenvalue weighted by atomic mass is 10.3. The zero-order chi connectivity index (χ0) is 15.0. The molecule has 1 unspecified atom stereocenters. The van der Waals surface area contributed by atoms with E-state index >= 15 is 0 Å². The van der Waals surface area contributed by atoms with Gasteiger partial charge < -0.3 is 4.57 Å². The maximum absolute atomic E-state index is 6.30. The van der Waals surface area contributed by atoms with Gasteiger partial charge in [0.15, 0.2) is 0 Å². The first-order valence-corrected chi connectivity index (χ1v) is 8.86. The minimum atomic E-state index is -0.117. The number of benzene rings is 1. The molecule has 110 valence electrons. The number of nitrogens with zero attached hydrogens (tertiary/aromatic N) is 3. The van der Waals surface area contributed by atoms with Crippen LogP contribution in [0.4, 0.5) is 0 Å². The third-order valence-corrected chi connectivity index (χ3v) is 4.86. The molecule has 0 saturated heterocycles. The largest absolute Gasteiger partial charge is 0.326 e. The van der Waals surface area contributed by atoms with Crippen molar-refractivity contribution in [3.8, 4) is 0 Å². The molecule has 0 bridgehead atoms. The number of rotatable bonds is 4.